The third kappa shape index (κ3) is 4.90. The third-order valence-electron chi connectivity index (χ3n) is 3.11. The van der Waals surface area contributed by atoms with Crippen LogP contribution in [-0.2, 0) is 0 Å². The van der Waals surface area contributed by atoms with Gasteiger partial charge in [0, 0.05) is 6.04 Å². The number of nitriles is 1. The molecule has 0 aromatic heterocycles. The molecular weight excluding hydrogens is 204 g/mol. The van der Waals surface area contributed by atoms with E-state index in [1.54, 1.807) is 0 Å². The second kappa shape index (κ2) is 8.01. The van der Waals surface area contributed by atoms with E-state index in [2.05, 4.69) is 17.6 Å². The van der Waals surface area contributed by atoms with Gasteiger partial charge in [-0.15, -0.1) is 0 Å². The molecule has 1 rings (SSSR count). The molecule has 0 aromatic carbocycles. The van der Waals surface area contributed by atoms with Crippen LogP contribution < -0.4 is 5.32 Å². The molecule has 15 heavy (non-hydrogen) atoms. The normalized spacial score (nSPS) is 25.3. The molecule has 0 heterocycles. The fourth-order valence-corrected chi connectivity index (χ4v) is 2.69. The van der Waals surface area contributed by atoms with Crippen LogP contribution in [0.3, 0.4) is 0 Å². The van der Waals surface area contributed by atoms with E-state index in [0.29, 0.717) is 6.04 Å². The summed E-state index contributed by atoms with van der Waals surface area (Å²) in [6.45, 7) is 1.09. The summed E-state index contributed by atoms with van der Waals surface area (Å²) < 4.78 is 0. The van der Waals surface area contributed by atoms with Crippen molar-refractivity contribution >= 4 is 11.8 Å². The second-order valence-electron chi connectivity index (χ2n) is 4.28. The van der Waals surface area contributed by atoms with E-state index in [1.165, 1.54) is 37.9 Å². The van der Waals surface area contributed by atoms with E-state index < -0.39 is 0 Å². The van der Waals surface area contributed by atoms with Gasteiger partial charge >= 0.3 is 0 Å². The number of thioether (sulfide) groups is 1. The maximum Gasteiger partial charge on any atom is 0.0672 e. The van der Waals surface area contributed by atoms with Gasteiger partial charge in [0.1, 0.15) is 0 Å². The molecule has 0 amide bonds. The summed E-state index contributed by atoms with van der Waals surface area (Å²) >= 11 is 1.93. The molecule has 0 radical (unpaired) electrons. The van der Waals surface area contributed by atoms with E-state index in [9.17, 15) is 0 Å². The average Bonchev–Trinajstić information content (AvgIpc) is 2.70. The second-order valence-corrected chi connectivity index (χ2v) is 5.27. The van der Waals surface area contributed by atoms with E-state index in [4.69, 9.17) is 5.26 Å². The van der Waals surface area contributed by atoms with Gasteiger partial charge in [-0.2, -0.15) is 17.0 Å². The van der Waals surface area contributed by atoms with Gasteiger partial charge in [0.25, 0.3) is 0 Å². The number of unbranched alkanes of at least 4 members (excludes halogenated alkanes) is 2. The summed E-state index contributed by atoms with van der Waals surface area (Å²) in [5.41, 5.74) is 0. The summed E-state index contributed by atoms with van der Waals surface area (Å²) in [6.07, 6.45) is 9.59. The van der Waals surface area contributed by atoms with Crippen LogP contribution in [-0.4, -0.2) is 24.6 Å². The van der Waals surface area contributed by atoms with Crippen LogP contribution in [0.15, 0.2) is 0 Å². The van der Waals surface area contributed by atoms with E-state index in [1.807, 2.05) is 11.8 Å². The molecule has 0 saturated heterocycles. The Labute approximate surface area is 97.8 Å². The van der Waals surface area contributed by atoms with Crippen LogP contribution in [0.2, 0.25) is 0 Å². The number of nitrogens with one attached hydrogen (secondary N) is 1. The van der Waals surface area contributed by atoms with Crippen molar-refractivity contribution in [2.45, 2.75) is 44.6 Å². The predicted octanol–water partition coefficient (Wildman–Crippen LogP) is 2.80. The first kappa shape index (κ1) is 12.9. The molecule has 0 spiro atoms. The molecule has 1 aliphatic rings. The average molecular weight is 226 g/mol. The Hall–Kier alpha value is -0.200. The van der Waals surface area contributed by atoms with Crippen molar-refractivity contribution in [3.63, 3.8) is 0 Å². The zero-order valence-electron chi connectivity index (χ0n) is 9.67. The van der Waals surface area contributed by atoms with E-state index in [-0.39, 0.29) is 5.92 Å². The van der Waals surface area contributed by atoms with Crippen molar-refractivity contribution in [1.82, 2.24) is 5.32 Å². The maximum absolute atomic E-state index is 8.92. The summed E-state index contributed by atoms with van der Waals surface area (Å²) in [7, 11) is 0. The lowest BCUT2D eigenvalue weighted by molar-refractivity contribution is 0.456. The zero-order chi connectivity index (χ0) is 10.9. The van der Waals surface area contributed by atoms with Gasteiger partial charge in [-0.3, -0.25) is 0 Å². The quantitative estimate of drug-likeness (QED) is 0.678. The van der Waals surface area contributed by atoms with Gasteiger partial charge in [-0.25, -0.2) is 0 Å². The first-order chi connectivity index (χ1) is 7.38. The minimum Gasteiger partial charge on any atom is -0.313 e. The SMILES string of the molecule is CSCCCCCNC1CCCC1C#N. The maximum atomic E-state index is 8.92. The molecule has 1 saturated carbocycles. The molecule has 2 nitrogen and oxygen atoms in total. The highest BCUT2D eigenvalue weighted by Crippen LogP contribution is 2.24. The molecule has 1 N–H and O–H groups in total. The Morgan fingerprint density at radius 1 is 1.33 bits per heavy atom. The van der Waals surface area contributed by atoms with Crippen LogP contribution in [0.5, 0.6) is 0 Å². The van der Waals surface area contributed by atoms with Gasteiger partial charge in [-0.05, 0) is 44.2 Å². The summed E-state index contributed by atoms with van der Waals surface area (Å²) in [5, 5.41) is 12.4. The Bertz CT molecular complexity index is 200. The summed E-state index contributed by atoms with van der Waals surface area (Å²) in [4.78, 5) is 0. The van der Waals surface area contributed by atoms with Crippen LogP contribution in [0, 0.1) is 17.2 Å². The molecule has 1 aliphatic carbocycles. The minimum absolute atomic E-state index is 0.274. The third-order valence-corrected chi connectivity index (χ3v) is 3.81. The Kier molecular flexibility index (Phi) is 6.87. The fraction of sp³-hybridized carbons (Fsp3) is 0.917. The van der Waals surface area contributed by atoms with Crippen LogP contribution in [0.4, 0.5) is 0 Å². The molecule has 86 valence electrons. The Balaban J connectivity index is 1.98. The topological polar surface area (TPSA) is 35.8 Å². The lowest BCUT2D eigenvalue weighted by Gasteiger charge is -2.15. The standard InChI is InChI=1S/C12H22N2S/c1-15-9-4-2-3-8-14-12-7-5-6-11(12)10-13/h11-12,14H,2-9H2,1H3. The van der Waals surface area contributed by atoms with Crippen LogP contribution >= 0.6 is 11.8 Å². The first-order valence-corrected chi connectivity index (χ1v) is 7.40. The minimum atomic E-state index is 0.274. The summed E-state index contributed by atoms with van der Waals surface area (Å²) in [5.74, 6) is 1.56. The highest BCUT2D eigenvalue weighted by Gasteiger charge is 2.25. The van der Waals surface area contributed by atoms with Crippen molar-refractivity contribution in [3.8, 4) is 6.07 Å². The smallest absolute Gasteiger partial charge is 0.0672 e. The molecule has 0 aromatic rings. The Morgan fingerprint density at radius 2 is 2.20 bits per heavy atom. The van der Waals surface area contributed by atoms with E-state index in [0.717, 1.165) is 13.0 Å². The fourth-order valence-electron chi connectivity index (χ4n) is 2.19. The highest BCUT2D eigenvalue weighted by molar-refractivity contribution is 7.98. The predicted molar refractivity (Wildman–Crippen MR) is 67.0 cm³/mol. The molecule has 2 unspecified atom stereocenters. The summed E-state index contributed by atoms with van der Waals surface area (Å²) in [6, 6.07) is 2.89. The van der Waals surface area contributed by atoms with Gasteiger partial charge in [0.05, 0.1) is 12.0 Å². The molecule has 0 bridgehead atoms. The van der Waals surface area contributed by atoms with Crippen LogP contribution in [0.25, 0.3) is 0 Å². The monoisotopic (exact) mass is 226 g/mol. The van der Waals surface area contributed by atoms with Crippen molar-refractivity contribution in [2.75, 3.05) is 18.6 Å². The van der Waals surface area contributed by atoms with Gasteiger partial charge in [-0.1, -0.05) is 12.8 Å². The van der Waals surface area contributed by atoms with Gasteiger partial charge < -0.3 is 5.32 Å². The van der Waals surface area contributed by atoms with Crippen LogP contribution in [0.1, 0.15) is 38.5 Å². The van der Waals surface area contributed by atoms with Crippen molar-refractivity contribution in [2.24, 2.45) is 5.92 Å². The molecule has 3 heteroatoms. The number of rotatable bonds is 7. The number of hydrogen-bond donors (Lipinski definition) is 1. The largest absolute Gasteiger partial charge is 0.313 e. The first-order valence-electron chi connectivity index (χ1n) is 6.00. The Morgan fingerprint density at radius 3 is 2.93 bits per heavy atom. The van der Waals surface area contributed by atoms with Crippen molar-refractivity contribution < 1.29 is 0 Å². The molecule has 0 aliphatic heterocycles. The number of nitrogens with zero attached hydrogens (tertiary/aromatic N) is 1. The number of hydrogen-bond acceptors (Lipinski definition) is 3. The molecule has 2 atom stereocenters. The van der Waals surface area contributed by atoms with Gasteiger partial charge in [0.15, 0.2) is 0 Å². The molecular formula is C12H22N2S. The molecule has 1 fully saturated rings. The zero-order valence-corrected chi connectivity index (χ0v) is 10.5. The highest BCUT2D eigenvalue weighted by atomic mass is 32.2. The van der Waals surface area contributed by atoms with Crippen molar-refractivity contribution in [1.29, 1.82) is 5.26 Å². The lowest BCUT2D eigenvalue weighted by atomic mass is 10.1. The van der Waals surface area contributed by atoms with Gasteiger partial charge in [0.2, 0.25) is 0 Å². The van der Waals surface area contributed by atoms with Crippen molar-refractivity contribution in [3.05, 3.63) is 0 Å². The van der Waals surface area contributed by atoms with E-state index >= 15 is 0 Å². The lowest BCUT2D eigenvalue weighted by Crippen LogP contribution is -2.32.